The molecule has 3 rings (SSSR count). The molecule has 1 aromatic carbocycles. The minimum absolute atomic E-state index is 0. The molecule has 1 N–H and O–H groups in total. The Labute approximate surface area is 183 Å². The minimum atomic E-state index is -0.900. The van der Waals surface area contributed by atoms with Crippen LogP contribution < -0.4 is 4.74 Å². The molecule has 0 radical (unpaired) electrons. The number of thiophene rings is 1. The number of nitrogens with zero attached hydrogens (tertiary/aromatic N) is 1. The van der Waals surface area contributed by atoms with E-state index in [2.05, 4.69) is 36.5 Å². The summed E-state index contributed by atoms with van der Waals surface area (Å²) in [5.74, 6) is 0.0475. The first kappa shape index (κ1) is 23.5. The number of hydrogen-bond acceptors (Lipinski definition) is 4. The lowest BCUT2D eigenvalue weighted by Gasteiger charge is -2.26. The average Bonchev–Trinajstić information content (AvgIpc) is 3.06. The van der Waals surface area contributed by atoms with Crippen LogP contribution in [0.3, 0.4) is 0 Å². The van der Waals surface area contributed by atoms with Crippen molar-refractivity contribution in [3.8, 4) is 5.75 Å². The minimum Gasteiger partial charge on any atom is -0.488 e. The number of carboxylic acids is 1. The summed E-state index contributed by atoms with van der Waals surface area (Å²) < 4.78 is 6.09. The number of aliphatic carboxylic acids is 1. The molecule has 1 aliphatic heterocycles. The van der Waals surface area contributed by atoms with Crippen molar-refractivity contribution in [3.63, 3.8) is 0 Å². The van der Waals surface area contributed by atoms with Crippen LogP contribution in [-0.2, 0) is 16.8 Å². The maximum Gasteiger partial charge on any atom is 0.313 e. The van der Waals surface area contributed by atoms with Gasteiger partial charge >= 0.3 is 5.97 Å². The molecule has 2 heterocycles. The van der Waals surface area contributed by atoms with Crippen LogP contribution >= 0.6 is 23.7 Å². The molecule has 158 valence electrons. The second-order valence-electron chi connectivity index (χ2n) is 7.87. The van der Waals surface area contributed by atoms with E-state index in [4.69, 9.17) is 4.74 Å². The summed E-state index contributed by atoms with van der Waals surface area (Å²) in [7, 11) is 4.14. The topological polar surface area (TPSA) is 49.8 Å². The number of halogens is 1. The molecule has 0 bridgehead atoms. The van der Waals surface area contributed by atoms with Gasteiger partial charge in [-0.1, -0.05) is 25.5 Å². The molecular weight excluding hydrogens is 406 g/mol. The van der Waals surface area contributed by atoms with Gasteiger partial charge in [0.1, 0.15) is 12.4 Å². The molecule has 6 heteroatoms. The van der Waals surface area contributed by atoms with Gasteiger partial charge in [0.2, 0.25) is 0 Å². The van der Waals surface area contributed by atoms with Crippen LogP contribution in [0.4, 0.5) is 0 Å². The number of fused-ring (bicyclic) bond motifs is 2. The van der Waals surface area contributed by atoms with Gasteiger partial charge in [-0.05, 0) is 68.6 Å². The predicted octanol–water partition coefficient (Wildman–Crippen LogP) is 5.59. The van der Waals surface area contributed by atoms with Crippen molar-refractivity contribution in [1.82, 2.24) is 4.90 Å². The molecular formula is C23H30ClNO3S. The quantitative estimate of drug-likeness (QED) is 0.616. The van der Waals surface area contributed by atoms with E-state index in [0.717, 1.165) is 41.8 Å². The van der Waals surface area contributed by atoms with Crippen molar-refractivity contribution in [2.45, 2.75) is 45.1 Å². The summed E-state index contributed by atoms with van der Waals surface area (Å²) >= 11 is 1.72. The number of ether oxygens (including phenoxy) is 1. The number of rotatable bonds is 7. The summed E-state index contributed by atoms with van der Waals surface area (Å²) in [6.07, 6.45) is 4.61. The van der Waals surface area contributed by atoms with Gasteiger partial charge in [-0.2, -0.15) is 0 Å². The van der Waals surface area contributed by atoms with Crippen molar-refractivity contribution >= 4 is 35.3 Å². The first-order chi connectivity index (χ1) is 13.4. The molecule has 29 heavy (non-hydrogen) atoms. The molecule has 1 atom stereocenters. The highest BCUT2D eigenvalue weighted by molar-refractivity contribution is 7.11. The maximum atomic E-state index is 12.1. The number of benzene rings is 1. The Morgan fingerprint density at radius 2 is 2.10 bits per heavy atom. The van der Waals surface area contributed by atoms with Crippen molar-refractivity contribution in [2.75, 3.05) is 20.6 Å². The fraction of sp³-hybridized carbons (Fsp3) is 0.435. The fourth-order valence-corrected chi connectivity index (χ4v) is 4.68. The van der Waals surface area contributed by atoms with Gasteiger partial charge in [-0.3, -0.25) is 4.79 Å². The zero-order chi connectivity index (χ0) is 20.3. The molecule has 1 aliphatic rings. The Balaban J connectivity index is 0.00000300. The largest absolute Gasteiger partial charge is 0.488 e. The van der Waals surface area contributed by atoms with E-state index in [9.17, 15) is 9.90 Å². The molecule has 4 nitrogen and oxygen atoms in total. The van der Waals surface area contributed by atoms with Gasteiger partial charge in [0.15, 0.2) is 0 Å². The van der Waals surface area contributed by atoms with Crippen molar-refractivity contribution in [2.24, 2.45) is 0 Å². The van der Waals surface area contributed by atoms with Crippen LogP contribution in [0.25, 0.3) is 5.57 Å². The first-order valence-corrected chi connectivity index (χ1v) is 10.7. The molecule has 0 amide bonds. The number of hydrogen-bond donors (Lipinski definition) is 1. The van der Waals surface area contributed by atoms with Gasteiger partial charge in [0.05, 0.1) is 5.41 Å². The zero-order valence-corrected chi connectivity index (χ0v) is 19.2. The maximum absolute atomic E-state index is 12.1. The molecule has 0 spiro atoms. The lowest BCUT2D eigenvalue weighted by molar-refractivity contribution is -0.143. The van der Waals surface area contributed by atoms with E-state index in [-0.39, 0.29) is 12.4 Å². The second kappa shape index (κ2) is 9.79. The lowest BCUT2D eigenvalue weighted by atomic mass is 9.77. The Bertz CT molecular complexity index is 890. The predicted molar refractivity (Wildman–Crippen MR) is 122 cm³/mol. The first-order valence-electron chi connectivity index (χ1n) is 9.79. The third-order valence-corrected chi connectivity index (χ3v) is 6.42. The summed E-state index contributed by atoms with van der Waals surface area (Å²) in [6, 6.07) is 8.01. The van der Waals surface area contributed by atoms with E-state index < -0.39 is 11.4 Å². The Kier molecular flexibility index (Phi) is 7.92. The zero-order valence-electron chi connectivity index (χ0n) is 17.5. The van der Waals surface area contributed by atoms with Crippen LogP contribution in [0.15, 0.2) is 35.7 Å². The van der Waals surface area contributed by atoms with E-state index in [0.29, 0.717) is 13.0 Å². The monoisotopic (exact) mass is 435 g/mol. The molecule has 2 aromatic rings. The fourth-order valence-electron chi connectivity index (χ4n) is 3.72. The standard InChI is InChI=1S/C23H29NO3S.ClH/c1-5-11-23(2,22(25)26)17-8-9-20-19(14-17)18(7-6-12-24(3)4)21-16(15-27-20)10-13-28-21;/h7-10,13-14H,5-6,11-12,15H2,1-4H3,(H,25,26);1H/b18-7-;. The van der Waals surface area contributed by atoms with Gasteiger partial charge in [-0.25, -0.2) is 0 Å². The van der Waals surface area contributed by atoms with Gasteiger partial charge in [-0.15, -0.1) is 23.7 Å². The number of carbonyl (C=O) groups is 1. The third-order valence-electron chi connectivity index (χ3n) is 5.43. The smallest absolute Gasteiger partial charge is 0.313 e. The molecule has 0 saturated heterocycles. The highest BCUT2D eigenvalue weighted by Crippen LogP contribution is 2.42. The normalized spacial score (nSPS) is 16.2. The van der Waals surface area contributed by atoms with Gasteiger partial charge < -0.3 is 14.7 Å². The summed E-state index contributed by atoms with van der Waals surface area (Å²) in [5, 5.41) is 12.0. The van der Waals surface area contributed by atoms with E-state index in [1.807, 2.05) is 32.0 Å². The summed E-state index contributed by atoms with van der Waals surface area (Å²) in [5.41, 5.74) is 3.28. The third kappa shape index (κ3) is 4.85. The summed E-state index contributed by atoms with van der Waals surface area (Å²) in [4.78, 5) is 15.5. The SMILES string of the molecule is CCCC(C)(C(=O)O)c1ccc2c(c1)/C(=C/CCN(C)C)c1sccc1CO2.Cl. The van der Waals surface area contributed by atoms with Crippen LogP contribution in [-0.4, -0.2) is 36.6 Å². The Morgan fingerprint density at radius 1 is 1.34 bits per heavy atom. The highest BCUT2D eigenvalue weighted by Gasteiger charge is 2.35. The van der Waals surface area contributed by atoms with Crippen molar-refractivity contribution in [1.29, 1.82) is 0 Å². The molecule has 1 unspecified atom stereocenters. The molecule has 1 aromatic heterocycles. The van der Waals surface area contributed by atoms with E-state index >= 15 is 0 Å². The highest BCUT2D eigenvalue weighted by atomic mass is 35.5. The van der Waals surface area contributed by atoms with Crippen LogP contribution in [0.5, 0.6) is 5.75 Å². The molecule has 0 fully saturated rings. The van der Waals surface area contributed by atoms with E-state index in [1.165, 1.54) is 10.4 Å². The summed E-state index contributed by atoms with van der Waals surface area (Å²) in [6.45, 7) is 5.35. The van der Waals surface area contributed by atoms with E-state index in [1.54, 1.807) is 11.3 Å². The lowest BCUT2D eigenvalue weighted by Crippen LogP contribution is -2.32. The molecule has 0 saturated carbocycles. The van der Waals surface area contributed by atoms with Crippen LogP contribution in [0.1, 0.15) is 54.7 Å². The Morgan fingerprint density at radius 3 is 2.76 bits per heavy atom. The second-order valence-corrected chi connectivity index (χ2v) is 8.79. The van der Waals surface area contributed by atoms with Gasteiger partial charge in [0, 0.05) is 22.5 Å². The number of carboxylic acid groups (broad SMARTS) is 1. The van der Waals surface area contributed by atoms with Crippen molar-refractivity contribution in [3.05, 3.63) is 57.3 Å². The van der Waals surface area contributed by atoms with Crippen LogP contribution in [0.2, 0.25) is 0 Å². The average molecular weight is 436 g/mol. The molecule has 0 aliphatic carbocycles. The van der Waals surface area contributed by atoms with Gasteiger partial charge in [0.25, 0.3) is 0 Å². The van der Waals surface area contributed by atoms with Crippen molar-refractivity contribution < 1.29 is 14.6 Å². The van der Waals surface area contributed by atoms with Crippen LogP contribution in [0, 0.1) is 0 Å². The Hall–Kier alpha value is -1.82.